The Morgan fingerprint density at radius 3 is 2.81 bits per heavy atom. The predicted octanol–water partition coefficient (Wildman–Crippen LogP) is 1.83. The zero-order chi connectivity index (χ0) is 11.2. The molecule has 16 heavy (non-hydrogen) atoms. The van der Waals surface area contributed by atoms with E-state index < -0.39 is 0 Å². The molecule has 0 amide bonds. The van der Waals surface area contributed by atoms with Crippen LogP contribution in [-0.2, 0) is 6.42 Å². The van der Waals surface area contributed by atoms with Gasteiger partial charge in [-0.25, -0.2) is 9.97 Å². The molecule has 0 radical (unpaired) electrons. The van der Waals surface area contributed by atoms with Gasteiger partial charge in [-0.15, -0.1) is 0 Å². The Balaban J connectivity index is 1.85. The molecule has 0 saturated carbocycles. The highest BCUT2D eigenvalue weighted by molar-refractivity contribution is 5.24. The number of rotatable bonds is 4. The maximum Gasteiger partial charge on any atom is 0.222 e. The van der Waals surface area contributed by atoms with Gasteiger partial charge >= 0.3 is 0 Å². The van der Waals surface area contributed by atoms with Crippen LogP contribution < -0.4 is 5.32 Å². The van der Waals surface area contributed by atoms with E-state index in [4.69, 9.17) is 0 Å². The lowest BCUT2D eigenvalue weighted by Crippen LogP contribution is -2.08. The minimum absolute atomic E-state index is 0.677. The van der Waals surface area contributed by atoms with E-state index in [0.717, 1.165) is 24.4 Å². The molecular weight excluding hydrogens is 200 g/mol. The summed E-state index contributed by atoms with van der Waals surface area (Å²) in [6.45, 7) is 2.74. The number of pyridine rings is 1. The first-order valence-corrected chi connectivity index (χ1v) is 5.28. The highest BCUT2D eigenvalue weighted by atomic mass is 15.1. The van der Waals surface area contributed by atoms with E-state index >= 15 is 0 Å². The van der Waals surface area contributed by atoms with Crippen molar-refractivity contribution in [3.63, 3.8) is 0 Å². The Hall–Kier alpha value is -1.97. The Labute approximate surface area is 94.8 Å². The molecule has 4 heteroatoms. The summed E-state index contributed by atoms with van der Waals surface area (Å²) in [4.78, 5) is 12.6. The molecule has 2 aromatic heterocycles. The molecule has 0 aromatic carbocycles. The van der Waals surface area contributed by atoms with Crippen LogP contribution in [0.15, 0.2) is 36.7 Å². The lowest BCUT2D eigenvalue weighted by molar-refractivity contribution is 0.936. The van der Waals surface area contributed by atoms with Crippen molar-refractivity contribution in [2.45, 2.75) is 13.3 Å². The van der Waals surface area contributed by atoms with Crippen molar-refractivity contribution >= 4 is 5.95 Å². The van der Waals surface area contributed by atoms with Crippen LogP contribution in [0.3, 0.4) is 0 Å². The molecule has 0 aliphatic heterocycles. The zero-order valence-corrected chi connectivity index (χ0v) is 9.22. The van der Waals surface area contributed by atoms with E-state index in [1.54, 1.807) is 12.4 Å². The quantitative estimate of drug-likeness (QED) is 0.843. The van der Waals surface area contributed by atoms with Gasteiger partial charge in [-0.05, 0) is 25.1 Å². The van der Waals surface area contributed by atoms with Crippen molar-refractivity contribution in [3.05, 3.63) is 48.0 Å². The molecule has 4 nitrogen and oxygen atoms in total. The third-order valence-electron chi connectivity index (χ3n) is 2.19. The Morgan fingerprint density at radius 1 is 1.12 bits per heavy atom. The topological polar surface area (TPSA) is 50.7 Å². The largest absolute Gasteiger partial charge is 0.354 e. The number of aromatic nitrogens is 3. The van der Waals surface area contributed by atoms with Crippen molar-refractivity contribution in [2.75, 3.05) is 11.9 Å². The standard InChI is InChI=1S/C12H14N4/c1-10-5-8-14-12(16-10)15-9-6-11-4-2-3-7-13-11/h2-5,7-8H,6,9H2,1H3,(H,14,15,16). The van der Waals surface area contributed by atoms with Gasteiger partial charge in [0.05, 0.1) is 0 Å². The highest BCUT2D eigenvalue weighted by Gasteiger charge is 1.96. The fourth-order valence-electron chi connectivity index (χ4n) is 1.38. The van der Waals surface area contributed by atoms with Gasteiger partial charge in [0.1, 0.15) is 0 Å². The van der Waals surface area contributed by atoms with Crippen molar-refractivity contribution in [1.82, 2.24) is 15.0 Å². The first-order valence-electron chi connectivity index (χ1n) is 5.28. The molecule has 2 rings (SSSR count). The fraction of sp³-hybridized carbons (Fsp3) is 0.250. The predicted molar refractivity (Wildman–Crippen MR) is 63.2 cm³/mol. The Morgan fingerprint density at radius 2 is 2.06 bits per heavy atom. The molecule has 2 aromatic rings. The number of hydrogen-bond donors (Lipinski definition) is 1. The zero-order valence-electron chi connectivity index (χ0n) is 9.22. The smallest absolute Gasteiger partial charge is 0.222 e. The van der Waals surface area contributed by atoms with E-state index in [9.17, 15) is 0 Å². The second kappa shape index (κ2) is 5.21. The van der Waals surface area contributed by atoms with Gasteiger partial charge in [0.15, 0.2) is 0 Å². The molecule has 0 bridgehead atoms. The van der Waals surface area contributed by atoms with Crippen LogP contribution in [0.2, 0.25) is 0 Å². The molecule has 0 fully saturated rings. The number of aryl methyl sites for hydroxylation is 1. The summed E-state index contributed by atoms with van der Waals surface area (Å²) in [6, 6.07) is 7.80. The summed E-state index contributed by atoms with van der Waals surface area (Å²) < 4.78 is 0. The Bertz CT molecular complexity index is 442. The molecule has 0 atom stereocenters. The number of nitrogens with zero attached hydrogens (tertiary/aromatic N) is 3. The van der Waals surface area contributed by atoms with Gasteiger partial charge in [0.25, 0.3) is 0 Å². The Kier molecular flexibility index (Phi) is 3.43. The molecule has 1 N–H and O–H groups in total. The maximum atomic E-state index is 4.26. The molecule has 0 unspecified atom stereocenters. The lowest BCUT2D eigenvalue weighted by atomic mass is 10.3. The summed E-state index contributed by atoms with van der Waals surface area (Å²) in [7, 11) is 0. The van der Waals surface area contributed by atoms with Gasteiger partial charge in [-0.3, -0.25) is 4.98 Å². The molecule has 82 valence electrons. The van der Waals surface area contributed by atoms with E-state index in [1.807, 2.05) is 31.2 Å². The average molecular weight is 214 g/mol. The van der Waals surface area contributed by atoms with Gasteiger partial charge in [0.2, 0.25) is 5.95 Å². The SMILES string of the molecule is Cc1ccnc(NCCc2ccccn2)n1. The van der Waals surface area contributed by atoms with E-state index in [0.29, 0.717) is 5.95 Å². The molecule has 0 aliphatic carbocycles. The van der Waals surface area contributed by atoms with Crippen LogP contribution >= 0.6 is 0 Å². The maximum absolute atomic E-state index is 4.26. The molecule has 0 aliphatic rings. The van der Waals surface area contributed by atoms with Gasteiger partial charge in [-0.1, -0.05) is 6.07 Å². The van der Waals surface area contributed by atoms with Crippen LogP contribution in [0.1, 0.15) is 11.4 Å². The second-order valence-electron chi connectivity index (χ2n) is 3.52. The van der Waals surface area contributed by atoms with E-state index in [2.05, 4.69) is 20.3 Å². The van der Waals surface area contributed by atoms with Crippen molar-refractivity contribution in [1.29, 1.82) is 0 Å². The summed E-state index contributed by atoms with van der Waals surface area (Å²) in [5, 5.41) is 3.17. The fourth-order valence-corrected chi connectivity index (χ4v) is 1.38. The van der Waals surface area contributed by atoms with Gasteiger partial charge in [-0.2, -0.15) is 0 Å². The summed E-state index contributed by atoms with van der Waals surface area (Å²) in [6.07, 6.45) is 4.43. The lowest BCUT2D eigenvalue weighted by Gasteiger charge is -2.04. The van der Waals surface area contributed by atoms with E-state index in [1.165, 1.54) is 0 Å². The summed E-state index contributed by atoms with van der Waals surface area (Å²) >= 11 is 0. The number of nitrogens with one attached hydrogen (secondary N) is 1. The van der Waals surface area contributed by atoms with Gasteiger partial charge < -0.3 is 5.32 Å². The number of anilines is 1. The number of hydrogen-bond acceptors (Lipinski definition) is 4. The molecule has 0 saturated heterocycles. The van der Waals surface area contributed by atoms with Crippen molar-refractivity contribution in [2.24, 2.45) is 0 Å². The molecular formula is C12H14N4. The third kappa shape index (κ3) is 3.02. The normalized spacial score (nSPS) is 10.1. The molecule has 2 heterocycles. The minimum Gasteiger partial charge on any atom is -0.354 e. The summed E-state index contributed by atoms with van der Waals surface area (Å²) in [5.74, 6) is 0.677. The van der Waals surface area contributed by atoms with Gasteiger partial charge in [0, 0.05) is 36.7 Å². The van der Waals surface area contributed by atoms with Crippen LogP contribution in [0.4, 0.5) is 5.95 Å². The summed E-state index contributed by atoms with van der Waals surface area (Å²) in [5.41, 5.74) is 2.04. The van der Waals surface area contributed by atoms with Crippen LogP contribution in [0.5, 0.6) is 0 Å². The first-order chi connectivity index (χ1) is 7.84. The monoisotopic (exact) mass is 214 g/mol. The third-order valence-corrected chi connectivity index (χ3v) is 2.19. The van der Waals surface area contributed by atoms with E-state index in [-0.39, 0.29) is 0 Å². The average Bonchev–Trinajstić information content (AvgIpc) is 2.30. The van der Waals surface area contributed by atoms with Crippen LogP contribution in [-0.4, -0.2) is 21.5 Å². The van der Waals surface area contributed by atoms with Crippen LogP contribution in [0.25, 0.3) is 0 Å². The highest BCUT2D eigenvalue weighted by Crippen LogP contribution is 2.00. The van der Waals surface area contributed by atoms with Crippen LogP contribution in [0, 0.1) is 6.92 Å². The molecule has 0 spiro atoms. The van der Waals surface area contributed by atoms with Crippen molar-refractivity contribution < 1.29 is 0 Å². The second-order valence-corrected chi connectivity index (χ2v) is 3.52. The van der Waals surface area contributed by atoms with Crippen molar-refractivity contribution in [3.8, 4) is 0 Å². The first kappa shape index (κ1) is 10.5. The minimum atomic E-state index is 0.677.